The number of aromatic nitrogens is 1. The first kappa shape index (κ1) is 13.0. The molecular formula is C13H17N3OS. The Morgan fingerprint density at radius 3 is 3.06 bits per heavy atom. The highest BCUT2D eigenvalue weighted by atomic mass is 32.1. The van der Waals surface area contributed by atoms with Gasteiger partial charge in [-0.15, -0.1) is 11.3 Å². The number of carbonyl (C=O) groups excluding carboxylic acids is 1. The fourth-order valence-corrected chi connectivity index (χ4v) is 2.60. The van der Waals surface area contributed by atoms with E-state index in [9.17, 15) is 4.79 Å². The quantitative estimate of drug-likeness (QED) is 0.890. The Morgan fingerprint density at radius 2 is 2.33 bits per heavy atom. The van der Waals surface area contributed by atoms with E-state index in [-0.39, 0.29) is 11.8 Å². The minimum Gasteiger partial charge on any atom is -0.330 e. The third kappa shape index (κ3) is 3.05. The molecule has 0 fully saturated rings. The lowest BCUT2D eigenvalue weighted by atomic mass is 10.1. The van der Waals surface area contributed by atoms with E-state index in [2.05, 4.69) is 10.3 Å². The molecule has 0 aliphatic rings. The van der Waals surface area contributed by atoms with Gasteiger partial charge in [0, 0.05) is 12.1 Å². The van der Waals surface area contributed by atoms with E-state index < -0.39 is 0 Å². The van der Waals surface area contributed by atoms with E-state index in [1.165, 1.54) is 0 Å². The summed E-state index contributed by atoms with van der Waals surface area (Å²) in [4.78, 5) is 16.1. The van der Waals surface area contributed by atoms with Crippen molar-refractivity contribution in [3.05, 3.63) is 23.2 Å². The predicted molar refractivity (Wildman–Crippen MR) is 75.8 cm³/mol. The van der Waals surface area contributed by atoms with E-state index in [4.69, 9.17) is 5.73 Å². The highest BCUT2D eigenvalue weighted by molar-refractivity contribution is 7.18. The molecule has 1 atom stereocenters. The SMILES string of the molecule is Cc1nc2ccc(NC(=O)CC(C)CN)cc2s1. The molecule has 96 valence electrons. The predicted octanol–water partition coefficient (Wildman–Crippen LogP) is 2.53. The second-order valence-corrected chi connectivity index (χ2v) is 5.74. The number of anilines is 1. The zero-order chi connectivity index (χ0) is 13.1. The highest BCUT2D eigenvalue weighted by Crippen LogP contribution is 2.24. The molecule has 0 bridgehead atoms. The van der Waals surface area contributed by atoms with Crippen LogP contribution in [0.3, 0.4) is 0 Å². The molecule has 0 saturated carbocycles. The van der Waals surface area contributed by atoms with Crippen LogP contribution in [0, 0.1) is 12.8 Å². The lowest BCUT2D eigenvalue weighted by Gasteiger charge is -2.09. The first-order valence-corrected chi connectivity index (χ1v) is 6.77. The van der Waals surface area contributed by atoms with Gasteiger partial charge in [-0.25, -0.2) is 4.98 Å². The standard InChI is InChI=1S/C13H17N3OS/c1-8(7-14)5-13(17)16-10-3-4-11-12(6-10)18-9(2)15-11/h3-4,6,8H,5,7,14H2,1-2H3,(H,16,17). The van der Waals surface area contributed by atoms with Crippen molar-refractivity contribution in [2.24, 2.45) is 11.7 Å². The fraction of sp³-hybridized carbons (Fsp3) is 0.385. The van der Waals surface area contributed by atoms with Crippen LogP contribution in [0.2, 0.25) is 0 Å². The summed E-state index contributed by atoms with van der Waals surface area (Å²) >= 11 is 1.63. The second kappa shape index (κ2) is 5.46. The van der Waals surface area contributed by atoms with Crippen molar-refractivity contribution in [1.82, 2.24) is 4.98 Å². The number of benzene rings is 1. The molecular weight excluding hydrogens is 246 g/mol. The molecule has 1 heterocycles. The van der Waals surface area contributed by atoms with Crippen molar-refractivity contribution in [2.45, 2.75) is 20.3 Å². The van der Waals surface area contributed by atoms with Gasteiger partial charge in [0.05, 0.1) is 15.2 Å². The topological polar surface area (TPSA) is 68.0 Å². The van der Waals surface area contributed by atoms with Gasteiger partial charge in [-0.1, -0.05) is 6.92 Å². The maximum atomic E-state index is 11.7. The first-order valence-electron chi connectivity index (χ1n) is 5.95. The lowest BCUT2D eigenvalue weighted by molar-refractivity contribution is -0.116. The van der Waals surface area contributed by atoms with Crippen molar-refractivity contribution in [2.75, 3.05) is 11.9 Å². The Bertz CT molecular complexity index is 564. The van der Waals surface area contributed by atoms with Crippen LogP contribution in [0.5, 0.6) is 0 Å². The van der Waals surface area contributed by atoms with Crippen LogP contribution in [0.4, 0.5) is 5.69 Å². The molecule has 5 heteroatoms. The average molecular weight is 263 g/mol. The summed E-state index contributed by atoms with van der Waals surface area (Å²) in [7, 11) is 0. The van der Waals surface area contributed by atoms with Gasteiger partial charge in [0.2, 0.25) is 5.91 Å². The molecule has 0 saturated heterocycles. The molecule has 2 aromatic rings. The van der Waals surface area contributed by atoms with Crippen molar-refractivity contribution in [3.63, 3.8) is 0 Å². The fourth-order valence-electron chi connectivity index (χ4n) is 1.73. The molecule has 18 heavy (non-hydrogen) atoms. The van der Waals surface area contributed by atoms with Crippen LogP contribution in [-0.4, -0.2) is 17.4 Å². The minimum absolute atomic E-state index is 0.00790. The number of thiazole rings is 1. The molecule has 1 aromatic carbocycles. The van der Waals surface area contributed by atoms with Crippen LogP contribution in [0.1, 0.15) is 18.4 Å². The van der Waals surface area contributed by atoms with Gasteiger partial charge in [-0.3, -0.25) is 4.79 Å². The summed E-state index contributed by atoms with van der Waals surface area (Å²) in [6, 6.07) is 5.78. The van der Waals surface area contributed by atoms with E-state index in [0.29, 0.717) is 13.0 Å². The summed E-state index contributed by atoms with van der Waals surface area (Å²) in [5, 5.41) is 3.93. The summed E-state index contributed by atoms with van der Waals surface area (Å²) < 4.78 is 1.09. The van der Waals surface area contributed by atoms with Crippen LogP contribution in [0.15, 0.2) is 18.2 Å². The Kier molecular flexibility index (Phi) is 3.93. The number of nitrogens with zero attached hydrogens (tertiary/aromatic N) is 1. The Morgan fingerprint density at radius 1 is 1.56 bits per heavy atom. The number of aryl methyl sites for hydroxylation is 1. The number of carbonyl (C=O) groups is 1. The molecule has 0 radical (unpaired) electrons. The molecule has 0 spiro atoms. The smallest absolute Gasteiger partial charge is 0.224 e. The number of hydrogen-bond donors (Lipinski definition) is 2. The number of rotatable bonds is 4. The highest BCUT2D eigenvalue weighted by Gasteiger charge is 2.08. The van der Waals surface area contributed by atoms with Crippen LogP contribution in [0.25, 0.3) is 10.2 Å². The van der Waals surface area contributed by atoms with E-state index in [1.807, 2.05) is 32.0 Å². The molecule has 0 aliphatic heterocycles. The third-order valence-corrected chi connectivity index (χ3v) is 3.65. The van der Waals surface area contributed by atoms with Gasteiger partial charge >= 0.3 is 0 Å². The summed E-state index contributed by atoms with van der Waals surface area (Å²) in [5.74, 6) is 0.216. The van der Waals surface area contributed by atoms with E-state index >= 15 is 0 Å². The first-order chi connectivity index (χ1) is 8.58. The second-order valence-electron chi connectivity index (χ2n) is 4.51. The zero-order valence-electron chi connectivity index (χ0n) is 10.6. The number of amides is 1. The molecule has 1 unspecified atom stereocenters. The number of nitrogens with one attached hydrogen (secondary N) is 1. The van der Waals surface area contributed by atoms with Gasteiger partial charge < -0.3 is 11.1 Å². The van der Waals surface area contributed by atoms with E-state index in [1.54, 1.807) is 11.3 Å². The normalized spacial score (nSPS) is 12.6. The average Bonchev–Trinajstić information content (AvgIpc) is 2.68. The number of fused-ring (bicyclic) bond motifs is 1. The van der Waals surface area contributed by atoms with Gasteiger partial charge in [0.15, 0.2) is 0 Å². The maximum absolute atomic E-state index is 11.7. The molecule has 1 amide bonds. The number of nitrogens with two attached hydrogens (primary N) is 1. The molecule has 0 aliphatic carbocycles. The minimum atomic E-state index is 0.00790. The lowest BCUT2D eigenvalue weighted by Crippen LogP contribution is -2.19. The van der Waals surface area contributed by atoms with Crippen molar-refractivity contribution >= 4 is 33.1 Å². The maximum Gasteiger partial charge on any atom is 0.224 e. The number of hydrogen-bond acceptors (Lipinski definition) is 4. The van der Waals surface area contributed by atoms with Gasteiger partial charge in [0.25, 0.3) is 0 Å². The Hall–Kier alpha value is -1.46. The molecule has 4 nitrogen and oxygen atoms in total. The Labute approximate surface area is 110 Å². The summed E-state index contributed by atoms with van der Waals surface area (Å²) in [6.45, 7) is 4.47. The van der Waals surface area contributed by atoms with Gasteiger partial charge in [-0.05, 0) is 37.6 Å². The summed E-state index contributed by atoms with van der Waals surface area (Å²) in [6.07, 6.45) is 0.455. The Balaban J connectivity index is 2.09. The summed E-state index contributed by atoms with van der Waals surface area (Å²) in [5.41, 5.74) is 7.30. The largest absolute Gasteiger partial charge is 0.330 e. The zero-order valence-corrected chi connectivity index (χ0v) is 11.4. The van der Waals surface area contributed by atoms with Gasteiger partial charge in [-0.2, -0.15) is 0 Å². The molecule has 2 rings (SSSR count). The van der Waals surface area contributed by atoms with Crippen molar-refractivity contribution in [1.29, 1.82) is 0 Å². The molecule has 3 N–H and O–H groups in total. The van der Waals surface area contributed by atoms with Crippen LogP contribution in [-0.2, 0) is 4.79 Å². The van der Waals surface area contributed by atoms with Crippen molar-refractivity contribution < 1.29 is 4.79 Å². The van der Waals surface area contributed by atoms with E-state index in [0.717, 1.165) is 20.9 Å². The van der Waals surface area contributed by atoms with Crippen molar-refractivity contribution in [3.8, 4) is 0 Å². The van der Waals surface area contributed by atoms with Gasteiger partial charge in [0.1, 0.15) is 0 Å². The molecule has 1 aromatic heterocycles. The van der Waals surface area contributed by atoms with Crippen LogP contribution < -0.4 is 11.1 Å². The monoisotopic (exact) mass is 263 g/mol. The van der Waals surface area contributed by atoms with Crippen LogP contribution >= 0.6 is 11.3 Å². The third-order valence-electron chi connectivity index (χ3n) is 2.72.